The van der Waals surface area contributed by atoms with Crippen molar-refractivity contribution in [1.29, 1.82) is 0 Å². The lowest BCUT2D eigenvalue weighted by Crippen LogP contribution is -2.61. The van der Waals surface area contributed by atoms with Gasteiger partial charge >= 0.3 is 5.91 Å². The molecule has 1 heterocycles. The summed E-state index contributed by atoms with van der Waals surface area (Å²) in [5.41, 5.74) is 10.4. The van der Waals surface area contributed by atoms with E-state index < -0.39 is 0 Å². The van der Waals surface area contributed by atoms with Crippen molar-refractivity contribution >= 4 is 34.8 Å². The molecule has 0 radical (unpaired) electrons. The second kappa shape index (κ2) is 15.2. The molecule has 1 aliphatic carbocycles. The zero-order valence-electron chi connectivity index (χ0n) is 26.8. The van der Waals surface area contributed by atoms with Crippen LogP contribution in [0.25, 0.3) is 28.1 Å². The molecule has 3 N–H and O–H groups in total. The summed E-state index contributed by atoms with van der Waals surface area (Å²) in [6.07, 6.45) is 10.6. The molecule has 5 aromatic rings. The first-order valence-corrected chi connectivity index (χ1v) is 17.1. The fourth-order valence-electron chi connectivity index (χ4n) is 6.39. The van der Waals surface area contributed by atoms with Crippen LogP contribution >= 0.6 is 23.2 Å². The summed E-state index contributed by atoms with van der Waals surface area (Å²) >= 11 is 12.8. The highest BCUT2D eigenvalue weighted by molar-refractivity contribution is 6.36. The van der Waals surface area contributed by atoms with Crippen molar-refractivity contribution in [2.75, 3.05) is 25.1 Å². The van der Waals surface area contributed by atoms with Crippen LogP contribution in [0.1, 0.15) is 49.9 Å². The number of anilines is 1. The van der Waals surface area contributed by atoms with Crippen molar-refractivity contribution in [3.8, 4) is 33.8 Å². The van der Waals surface area contributed by atoms with Gasteiger partial charge in [-0.05, 0) is 77.6 Å². The van der Waals surface area contributed by atoms with Gasteiger partial charge in [0.05, 0.1) is 17.3 Å². The maximum Gasteiger partial charge on any atom is 0.328 e. The van der Waals surface area contributed by atoms with Crippen LogP contribution < -0.4 is 15.4 Å². The second-order valence-corrected chi connectivity index (χ2v) is 13.3. The summed E-state index contributed by atoms with van der Waals surface area (Å²) in [5.74, 6) is 2.47. The van der Waals surface area contributed by atoms with Crippen molar-refractivity contribution in [3.05, 3.63) is 119 Å². The number of halogens is 2. The number of likely N-dealkylation sites (N-methyl/N-ethyl adjacent to an activating group) is 1. The summed E-state index contributed by atoms with van der Waals surface area (Å²) in [5, 5.41) is 1.12. The predicted octanol–water partition coefficient (Wildman–Crippen LogP) is 8.66. The minimum atomic E-state index is -0.140. The van der Waals surface area contributed by atoms with Crippen LogP contribution in [0.15, 0.2) is 97.2 Å². The highest BCUT2D eigenvalue weighted by Crippen LogP contribution is 2.32. The fourth-order valence-corrected chi connectivity index (χ4v) is 6.90. The highest BCUT2D eigenvalue weighted by Gasteiger charge is 2.17. The Morgan fingerprint density at radius 1 is 0.936 bits per heavy atom. The Balaban J connectivity index is 1.20. The molecule has 1 amide bonds. The molecule has 1 aromatic heterocycles. The number of benzene rings is 4. The largest absolute Gasteiger partial charge is 0.494 e. The van der Waals surface area contributed by atoms with Crippen molar-refractivity contribution < 1.29 is 15.3 Å². The fraction of sp³-hybridized carbons (Fsp3) is 0.282. The van der Waals surface area contributed by atoms with Crippen LogP contribution in [0.2, 0.25) is 10.0 Å². The molecule has 47 heavy (non-hydrogen) atoms. The number of rotatable bonds is 12. The summed E-state index contributed by atoms with van der Waals surface area (Å²) < 4.78 is 8.16. The van der Waals surface area contributed by atoms with E-state index in [1.807, 2.05) is 54.5 Å². The highest BCUT2D eigenvalue weighted by atomic mass is 35.5. The summed E-state index contributed by atoms with van der Waals surface area (Å²) in [7, 11) is 1.89. The Hall–Kier alpha value is -4.10. The van der Waals surface area contributed by atoms with Crippen LogP contribution in [0.3, 0.4) is 0 Å². The summed E-state index contributed by atoms with van der Waals surface area (Å²) in [6.45, 7) is 1.02. The molecule has 1 fully saturated rings. The van der Waals surface area contributed by atoms with Crippen molar-refractivity contribution in [1.82, 2.24) is 9.55 Å². The summed E-state index contributed by atoms with van der Waals surface area (Å²) in [6, 6.07) is 30.5. The number of carbonyl (C=O) groups excluding carboxylic acids is 1. The molecule has 6 rings (SSSR count). The van der Waals surface area contributed by atoms with Gasteiger partial charge in [0.25, 0.3) is 0 Å². The van der Waals surface area contributed by atoms with Crippen molar-refractivity contribution in [2.24, 2.45) is 5.92 Å². The van der Waals surface area contributed by atoms with Crippen LogP contribution in [0, 0.1) is 5.92 Å². The first kappa shape index (κ1) is 32.8. The SMILES string of the molecule is CN(CC([NH3+])=O)c1cccc(-n2cc(-c3ccc(Cl)cc3Cl)nc2Cc2ccc(-c3ccc(OCCC4CCCCC4)cc3)cc2)c1. The molecule has 1 aliphatic rings. The molecular weight excluding hydrogens is 627 g/mol. The third-order valence-electron chi connectivity index (χ3n) is 8.97. The van der Waals surface area contributed by atoms with Gasteiger partial charge in [-0.1, -0.05) is 97.8 Å². The molecule has 0 unspecified atom stereocenters. The van der Waals surface area contributed by atoms with Crippen LogP contribution in [0.5, 0.6) is 5.75 Å². The molecule has 4 aromatic carbocycles. The zero-order chi connectivity index (χ0) is 32.8. The number of nitrogens with zero attached hydrogens (tertiary/aromatic N) is 3. The van der Waals surface area contributed by atoms with E-state index in [0.29, 0.717) is 16.5 Å². The molecule has 0 aliphatic heterocycles. The quantitative estimate of drug-likeness (QED) is 0.144. The van der Waals surface area contributed by atoms with E-state index in [0.717, 1.165) is 69.8 Å². The first-order chi connectivity index (χ1) is 22.8. The van der Waals surface area contributed by atoms with E-state index >= 15 is 0 Å². The molecule has 0 spiro atoms. The lowest BCUT2D eigenvalue weighted by atomic mass is 9.87. The Labute approximate surface area is 287 Å². The summed E-state index contributed by atoms with van der Waals surface area (Å²) in [4.78, 5) is 18.6. The average molecular weight is 669 g/mol. The predicted molar refractivity (Wildman–Crippen MR) is 192 cm³/mol. The molecule has 242 valence electrons. The van der Waals surface area contributed by atoms with E-state index in [1.54, 1.807) is 6.07 Å². The van der Waals surface area contributed by atoms with Gasteiger partial charge in [0.1, 0.15) is 18.1 Å². The van der Waals surface area contributed by atoms with Gasteiger partial charge in [0.2, 0.25) is 0 Å². The van der Waals surface area contributed by atoms with E-state index in [4.69, 9.17) is 32.9 Å². The number of amides is 1. The van der Waals surface area contributed by atoms with Gasteiger partial charge < -0.3 is 14.2 Å². The lowest BCUT2D eigenvalue weighted by molar-refractivity contribution is -0.303. The van der Waals surface area contributed by atoms with Crippen LogP contribution in [0.4, 0.5) is 5.69 Å². The third-order valence-corrected chi connectivity index (χ3v) is 9.52. The van der Waals surface area contributed by atoms with Gasteiger partial charge in [-0.2, -0.15) is 0 Å². The standard InChI is InChI=1S/C39H40Cl2N4O2/c1-44(26-38(42)46)32-8-5-9-33(24-32)45-25-37(35-19-16-31(40)23-36(35)41)43-39(45)22-28-10-12-29(13-11-28)30-14-17-34(18-15-30)47-21-20-27-6-3-2-4-7-27/h5,8-19,23-25,27H,2-4,6-7,20-22,26H2,1H3,(H2,42,46)/p+1. The Morgan fingerprint density at radius 2 is 1.66 bits per heavy atom. The number of carbonyl (C=O) groups is 1. The molecule has 0 atom stereocenters. The van der Waals surface area contributed by atoms with Crippen LogP contribution in [-0.4, -0.2) is 35.7 Å². The first-order valence-electron chi connectivity index (χ1n) is 16.3. The van der Waals surface area contributed by atoms with Crippen LogP contribution in [-0.2, 0) is 11.2 Å². The minimum Gasteiger partial charge on any atom is -0.494 e. The number of hydrogen-bond acceptors (Lipinski definition) is 4. The Bertz CT molecular complexity index is 1810. The molecular formula is C39H41Cl2N4O2+. The molecule has 0 saturated heterocycles. The van der Waals surface area contributed by atoms with Crippen molar-refractivity contribution in [2.45, 2.75) is 44.9 Å². The van der Waals surface area contributed by atoms with Gasteiger partial charge in [-0.25, -0.2) is 9.78 Å². The number of ether oxygens (including phenoxy) is 1. The molecule has 0 bridgehead atoms. The van der Waals surface area contributed by atoms with Crippen molar-refractivity contribution in [3.63, 3.8) is 0 Å². The number of aromatic nitrogens is 2. The number of hydrogen-bond donors (Lipinski definition) is 1. The second-order valence-electron chi connectivity index (χ2n) is 12.5. The van der Waals surface area contributed by atoms with Gasteiger partial charge in [-0.3, -0.25) is 5.73 Å². The van der Waals surface area contributed by atoms with E-state index in [2.05, 4.69) is 58.8 Å². The maximum absolute atomic E-state index is 11.7. The number of quaternary nitrogens is 1. The van der Waals surface area contributed by atoms with Gasteiger partial charge in [0.15, 0.2) is 0 Å². The molecule has 1 saturated carbocycles. The lowest BCUT2D eigenvalue weighted by Gasteiger charge is -2.21. The van der Waals surface area contributed by atoms with E-state index in [1.165, 1.54) is 32.1 Å². The maximum atomic E-state index is 11.7. The third kappa shape index (κ3) is 8.44. The normalized spacial score (nSPS) is 13.4. The van der Waals surface area contributed by atoms with Gasteiger partial charge in [-0.15, -0.1) is 0 Å². The topological polar surface area (TPSA) is 75.0 Å². The number of imidazole rings is 1. The average Bonchev–Trinajstić information content (AvgIpc) is 3.49. The minimum absolute atomic E-state index is 0.140. The van der Waals surface area contributed by atoms with E-state index in [-0.39, 0.29) is 12.5 Å². The zero-order valence-corrected chi connectivity index (χ0v) is 28.3. The molecule has 6 nitrogen and oxygen atoms in total. The monoisotopic (exact) mass is 667 g/mol. The smallest absolute Gasteiger partial charge is 0.328 e. The van der Waals surface area contributed by atoms with Gasteiger partial charge in [0, 0.05) is 41.6 Å². The van der Waals surface area contributed by atoms with E-state index in [9.17, 15) is 4.79 Å². The Morgan fingerprint density at radius 3 is 2.36 bits per heavy atom. The Kier molecular flexibility index (Phi) is 10.6. The molecule has 8 heteroatoms.